The van der Waals surface area contributed by atoms with Crippen molar-refractivity contribution >= 4 is 11.6 Å². The van der Waals surface area contributed by atoms with Crippen LogP contribution in [0.1, 0.15) is 18.1 Å². The fraction of sp³-hybridized carbons (Fsp3) is 0.263. The topological polar surface area (TPSA) is 65.4 Å². The van der Waals surface area contributed by atoms with Crippen LogP contribution < -0.4 is 10.1 Å². The average Bonchev–Trinajstić information content (AvgIpc) is 2.62. The zero-order valence-electron chi connectivity index (χ0n) is 14.4. The molecule has 1 atom stereocenters. The number of nitriles is 1. The second-order valence-electron chi connectivity index (χ2n) is 5.76. The van der Waals surface area contributed by atoms with Crippen LogP contribution in [0.15, 0.2) is 48.5 Å². The highest BCUT2D eigenvalue weighted by Gasteiger charge is 2.19. The summed E-state index contributed by atoms with van der Waals surface area (Å²) in [4.78, 5) is 14.2. The van der Waals surface area contributed by atoms with Gasteiger partial charge in [-0.3, -0.25) is 9.69 Å². The number of nitrogens with one attached hydrogen (secondary N) is 1. The summed E-state index contributed by atoms with van der Waals surface area (Å²) >= 11 is 0. The van der Waals surface area contributed by atoms with E-state index in [2.05, 4.69) is 10.1 Å². The molecule has 0 radical (unpaired) electrons. The van der Waals surface area contributed by atoms with Crippen molar-refractivity contribution < 1.29 is 18.3 Å². The van der Waals surface area contributed by atoms with Gasteiger partial charge in [-0.1, -0.05) is 24.3 Å². The van der Waals surface area contributed by atoms with E-state index in [1.54, 1.807) is 50.4 Å². The van der Waals surface area contributed by atoms with Gasteiger partial charge in [-0.2, -0.15) is 14.0 Å². The zero-order valence-corrected chi connectivity index (χ0v) is 14.4. The molecule has 0 saturated heterocycles. The van der Waals surface area contributed by atoms with Crippen molar-refractivity contribution in [3.8, 4) is 11.8 Å². The summed E-state index contributed by atoms with van der Waals surface area (Å²) in [6.07, 6.45) is 0. The van der Waals surface area contributed by atoms with Crippen LogP contribution in [0.3, 0.4) is 0 Å². The number of amides is 1. The van der Waals surface area contributed by atoms with Gasteiger partial charge < -0.3 is 10.1 Å². The molecule has 0 aliphatic rings. The summed E-state index contributed by atoms with van der Waals surface area (Å²) < 4.78 is 28.6. The Balaban J connectivity index is 1.97. The van der Waals surface area contributed by atoms with Gasteiger partial charge in [0.1, 0.15) is 11.8 Å². The second-order valence-corrected chi connectivity index (χ2v) is 5.76. The number of alkyl halides is 2. The monoisotopic (exact) mass is 359 g/mol. The Labute approximate surface area is 150 Å². The van der Waals surface area contributed by atoms with Crippen LogP contribution in [0.4, 0.5) is 14.5 Å². The van der Waals surface area contributed by atoms with Crippen molar-refractivity contribution in [1.29, 1.82) is 5.26 Å². The number of nitrogens with zero attached hydrogens (tertiary/aromatic N) is 2. The summed E-state index contributed by atoms with van der Waals surface area (Å²) in [6, 6.07) is 14.6. The number of ether oxygens (including phenoxy) is 1. The molecule has 0 aliphatic heterocycles. The molecule has 2 rings (SSSR count). The maximum absolute atomic E-state index is 12.4. The number of benzene rings is 2. The summed E-state index contributed by atoms with van der Waals surface area (Å²) in [5.41, 5.74) is 1.71. The van der Waals surface area contributed by atoms with Gasteiger partial charge in [-0.05, 0) is 43.8 Å². The van der Waals surface area contributed by atoms with Gasteiger partial charge >= 0.3 is 6.61 Å². The van der Waals surface area contributed by atoms with Gasteiger partial charge in [0.2, 0.25) is 5.91 Å². The van der Waals surface area contributed by atoms with Crippen LogP contribution in [-0.4, -0.2) is 30.5 Å². The van der Waals surface area contributed by atoms with Gasteiger partial charge in [0.05, 0.1) is 17.3 Å². The summed E-state index contributed by atoms with van der Waals surface area (Å²) in [7, 11) is 1.78. The highest BCUT2D eigenvalue weighted by molar-refractivity contribution is 5.95. The molecular formula is C19H19F2N3O2. The normalized spacial score (nSPS) is 11.9. The molecule has 0 fully saturated rings. The van der Waals surface area contributed by atoms with E-state index in [9.17, 15) is 13.6 Å². The van der Waals surface area contributed by atoms with Crippen molar-refractivity contribution in [2.45, 2.75) is 26.1 Å². The Kier molecular flexibility index (Phi) is 6.64. The second kappa shape index (κ2) is 8.92. The highest BCUT2D eigenvalue weighted by Crippen LogP contribution is 2.17. The number of likely N-dealkylation sites (N-methyl/N-ethyl adjacent to an activating group) is 1. The molecule has 5 nitrogen and oxygen atoms in total. The van der Waals surface area contributed by atoms with E-state index in [0.717, 1.165) is 5.56 Å². The minimum Gasteiger partial charge on any atom is -0.435 e. The Bertz CT molecular complexity index is 788. The van der Waals surface area contributed by atoms with Crippen LogP contribution in [0.25, 0.3) is 0 Å². The number of hydrogen-bond donors (Lipinski definition) is 1. The summed E-state index contributed by atoms with van der Waals surface area (Å²) in [5.74, 6) is -0.154. The van der Waals surface area contributed by atoms with E-state index in [1.807, 2.05) is 11.0 Å². The predicted octanol–water partition coefficient (Wildman–Crippen LogP) is 3.62. The Morgan fingerprint density at radius 3 is 2.50 bits per heavy atom. The van der Waals surface area contributed by atoms with Gasteiger partial charge in [-0.25, -0.2) is 0 Å². The van der Waals surface area contributed by atoms with E-state index in [-0.39, 0.29) is 11.7 Å². The Hall–Kier alpha value is -2.98. The largest absolute Gasteiger partial charge is 0.435 e. The third kappa shape index (κ3) is 5.26. The number of hydrogen-bond acceptors (Lipinski definition) is 4. The Morgan fingerprint density at radius 2 is 1.88 bits per heavy atom. The van der Waals surface area contributed by atoms with E-state index < -0.39 is 12.7 Å². The maximum atomic E-state index is 12.4. The number of halogens is 2. The van der Waals surface area contributed by atoms with Crippen LogP contribution in [0.2, 0.25) is 0 Å². The van der Waals surface area contributed by atoms with Crippen molar-refractivity contribution in [2.75, 3.05) is 12.4 Å². The molecule has 0 heterocycles. The van der Waals surface area contributed by atoms with E-state index >= 15 is 0 Å². The molecule has 26 heavy (non-hydrogen) atoms. The zero-order chi connectivity index (χ0) is 19.1. The first-order valence-electron chi connectivity index (χ1n) is 7.94. The molecule has 0 bridgehead atoms. The lowest BCUT2D eigenvalue weighted by atomic mass is 10.1. The molecule has 1 amide bonds. The molecule has 0 unspecified atom stereocenters. The van der Waals surface area contributed by atoms with Gasteiger partial charge in [-0.15, -0.1) is 0 Å². The lowest BCUT2D eigenvalue weighted by Gasteiger charge is -2.24. The van der Waals surface area contributed by atoms with E-state index in [1.165, 1.54) is 12.1 Å². The van der Waals surface area contributed by atoms with Crippen LogP contribution in [0.5, 0.6) is 5.75 Å². The first kappa shape index (κ1) is 19.3. The fourth-order valence-corrected chi connectivity index (χ4v) is 2.33. The molecule has 2 aromatic carbocycles. The molecule has 1 N–H and O–H groups in total. The lowest BCUT2D eigenvalue weighted by Crippen LogP contribution is -2.39. The van der Waals surface area contributed by atoms with Crippen molar-refractivity contribution in [2.24, 2.45) is 0 Å². The number of rotatable bonds is 7. The number of carbonyl (C=O) groups excluding carboxylic acids is 1. The minimum atomic E-state index is -2.86. The predicted molar refractivity (Wildman–Crippen MR) is 93.8 cm³/mol. The van der Waals surface area contributed by atoms with Crippen molar-refractivity contribution in [3.63, 3.8) is 0 Å². The number of para-hydroxylation sites is 1. The molecule has 2 aromatic rings. The third-order valence-electron chi connectivity index (χ3n) is 3.93. The third-order valence-corrected chi connectivity index (χ3v) is 3.93. The summed E-state index contributed by atoms with van der Waals surface area (Å²) in [6.45, 7) is -0.661. The molecular weight excluding hydrogens is 340 g/mol. The molecule has 0 aromatic heterocycles. The number of anilines is 1. The standard InChI is InChI=1S/C19H19F2N3O2/c1-13(18(25)23-17-6-4-3-5-15(17)11-22)24(2)12-14-7-9-16(10-8-14)26-19(20)21/h3-10,13,19H,12H2,1-2H3,(H,23,25)/t13-/m1/s1. The Morgan fingerprint density at radius 1 is 1.23 bits per heavy atom. The minimum absolute atomic E-state index is 0.0882. The molecule has 0 spiro atoms. The highest BCUT2D eigenvalue weighted by atomic mass is 19.3. The van der Waals surface area contributed by atoms with E-state index in [0.29, 0.717) is 17.8 Å². The maximum Gasteiger partial charge on any atom is 0.387 e. The molecule has 0 saturated carbocycles. The molecule has 136 valence electrons. The quantitative estimate of drug-likeness (QED) is 0.820. The smallest absolute Gasteiger partial charge is 0.387 e. The van der Waals surface area contributed by atoms with Gasteiger partial charge in [0.25, 0.3) is 0 Å². The SMILES string of the molecule is C[C@H](C(=O)Nc1ccccc1C#N)N(C)Cc1ccc(OC(F)F)cc1. The fourth-order valence-electron chi connectivity index (χ4n) is 2.33. The van der Waals surface area contributed by atoms with Crippen molar-refractivity contribution in [1.82, 2.24) is 4.90 Å². The first-order valence-corrected chi connectivity index (χ1v) is 7.94. The van der Waals surface area contributed by atoms with Crippen LogP contribution in [-0.2, 0) is 11.3 Å². The first-order chi connectivity index (χ1) is 12.4. The average molecular weight is 359 g/mol. The van der Waals surface area contributed by atoms with Crippen LogP contribution in [0, 0.1) is 11.3 Å². The lowest BCUT2D eigenvalue weighted by molar-refractivity contribution is -0.120. The molecule has 0 aliphatic carbocycles. The summed E-state index contributed by atoms with van der Waals surface area (Å²) in [5, 5.41) is 11.8. The molecule has 7 heteroatoms. The van der Waals surface area contributed by atoms with Gasteiger partial charge in [0, 0.05) is 6.54 Å². The van der Waals surface area contributed by atoms with E-state index in [4.69, 9.17) is 5.26 Å². The number of carbonyl (C=O) groups is 1. The van der Waals surface area contributed by atoms with Crippen molar-refractivity contribution in [3.05, 3.63) is 59.7 Å². The van der Waals surface area contributed by atoms with Gasteiger partial charge in [0.15, 0.2) is 0 Å². The van der Waals surface area contributed by atoms with Crippen LogP contribution >= 0.6 is 0 Å².